The summed E-state index contributed by atoms with van der Waals surface area (Å²) in [4.78, 5) is 10.7. The maximum atomic E-state index is 13.7. The van der Waals surface area contributed by atoms with Crippen LogP contribution >= 0.6 is 0 Å². The van der Waals surface area contributed by atoms with Crippen molar-refractivity contribution in [1.29, 1.82) is 0 Å². The molecule has 2 atom stereocenters. The van der Waals surface area contributed by atoms with Crippen LogP contribution in [0.3, 0.4) is 0 Å². The molecule has 0 radical (unpaired) electrons. The molecule has 170 valence electrons. The van der Waals surface area contributed by atoms with E-state index in [0.29, 0.717) is 6.42 Å². The molecule has 2 aromatic carbocycles. The van der Waals surface area contributed by atoms with E-state index in [1.807, 2.05) is 31.3 Å². The van der Waals surface area contributed by atoms with Gasteiger partial charge < -0.3 is 24.5 Å². The van der Waals surface area contributed by atoms with Crippen LogP contribution < -0.4 is 34.7 Å². The van der Waals surface area contributed by atoms with Crippen LogP contribution in [0.25, 0.3) is 33.5 Å². The maximum absolute atomic E-state index is 13.7. The predicted octanol–water partition coefficient (Wildman–Crippen LogP) is 0.730. The quantitative estimate of drug-likeness (QED) is 0.373. The van der Waals surface area contributed by atoms with Gasteiger partial charge in [0.1, 0.15) is 5.82 Å². The molecule has 34 heavy (non-hydrogen) atoms. The van der Waals surface area contributed by atoms with Gasteiger partial charge in [-0.3, -0.25) is 0 Å². The van der Waals surface area contributed by atoms with E-state index in [2.05, 4.69) is 16.5 Å². The van der Waals surface area contributed by atoms with Gasteiger partial charge in [0.2, 0.25) is 0 Å². The molecule has 5 nitrogen and oxygen atoms in total. The van der Waals surface area contributed by atoms with E-state index < -0.39 is 24.6 Å². The minimum absolute atomic E-state index is 0. The minimum atomic E-state index is -1.36. The summed E-state index contributed by atoms with van der Waals surface area (Å²) >= 11 is 0. The molecule has 0 saturated carbocycles. The van der Waals surface area contributed by atoms with Crippen LogP contribution in [0.5, 0.6) is 0 Å². The fourth-order valence-corrected chi connectivity index (χ4v) is 4.39. The number of hydrogen-bond acceptors (Lipinski definition) is 4. The summed E-state index contributed by atoms with van der Waals surface area (Å²) < 4.78 is 15.8. The Hall–Kier alpha value is -2.48. The number of pyridine rings is 1. The molecular weight excluding hydrogens is 444 g/mol. The molecule has 0 saturated heterocycles. The Morgan fingerprint density at radius 2 is 1.82 bits per heavy atom. The molecule has 0 aliphatic rings. The number of hydrogen-bond donors (Lipinski definition) is 2. The Kier molecular flexibility index (Phi) is 8.68. The summed E-state index contributed by atoms with van der Waals surface area (Å²) in [5.41, 5.74) is 4.66. The second kappa shape index (κ2) is 11.3. The Morgan fingerprint density at radius 1 is 1.12 bits per heavy atom. The first-order chi connectivity index (χ1) is 15.9. The number of carboxylic acid groups (broad SMARTS) is 1. The Morgan fingerprint density at radius 3 is 2.50 bits per heavy atom. The standard InChI is InChI=1S/C27H26FNO4.Na/c1-2-24-23(12-11-20(30)15-21(31)16-25(32)33)26(18-7-9-19(28)10-8-18)27-22-6-4-3-5-17(22)13-14-29(24)27;/h3-14,20-21,30-31H,2,15-16H2,1H3,(H,32,33);/q;+1/p-1/b12-11+;. The molecular formula is C27H25FNNaO4. The van der Waals surface area contributed by atoms with E-state index in [1.165, 1.54) is 12.1 Å². The molecule has 4 aromatic rings. The smallest absolute Gasteiger partial charge is 0.550 e. The molecule has 2 aromatic heterocycles. The van der Waals surface area contributed by atoms with Gasteiger partial charge in [-0.1, -0.05) is 55.5 Å². The van der Waals surface area contributed by atoms with E-state index >= 15 is 0 Å². The van der Waals surface area contributed by atoms with Crippen molar-refractivity contribution in [1.82, 2.24) is 4.40 Å². The number of nitrogens with zero attached hydrogens (tertiary/aromatic N) is 1. The van der Waals surface area contributed by atoms with E-state index in [0.717, 1.165) is 38.7 Å². The molecule has 0 spiro atoms. The van der Waals surface area contributed by atoms with Crippen molar-refractivity contribution in [3.05, 3.63) is 83.9 Å². The molecule has 0 fully saturated rings. The van der Waals surface area contributed by atoms with Gasteiger partial charge in [-0.2, -0.15) is 0 Å². The van der Waals surface area contributed by atoms with Crippen LogP contribution in [0.1, 0.15) is 31.0 Å². The third-order valence-corrected chi connectivity index (χ3v) is 5.84. The van der Waals surface area contributed by atoms with Gasteiger partial charge in [0.25, 0.3) is 0 Å². The van der Waals surface area contributed by atoms with Crippen LogP contribution in [-0.2, 0) is 11.2 Å². The number of aliphatic carboxylic acids is 1. The summed E-state index contributed by atoms with van der Waals surface area (Å²) in [6, 6.07) is 16.4. The van der Waals surface area contributed by atoms with Crippen LogP contribution in [0.15, 0.2) is 66.9 Å². The van der Waals surface area contributed by atoms with Crippen LogP contribution in [-0.4, -0.2) is 32.8 Å². The van der Waals surface area contributed by atoms with E-state index in [9.17, 15) is 24.5 Å². The third-order valence-electron chi connectivity index (χ3n) is 5.84. The van der Waals surface area contributed by atoms with Gasteiger partial charge in [-0.15, -0.1) is 0 Å². The Balaban J connectivity index is 0.00000324. The topological polar surface area (TPSA) is 85.0 Å². The first-order valence-electron chi connectivity index (χ1n) is 10.9. The summed E-state index contributed by atoms with van der Waals surface area (Å²) in [7, 11) is 0. The first kappa shape index (κ1) is 26.1. The summed E-state index contributed by atoms with van der Waals surface area (Å²) in [5, 5.41) is 33.0. The zero-order chi connectivity index (χ0) is 23.5. The number of fused-ring (bicyclic) bond motifs is 3. The second-order valence-electron chi connectivity index (χ2n) is 8.11. The van der Waals surface area contributed by atoms with Crippen molar-refractivity contribution in [2.24, 2.45) is 0 Å². The van der Waals surface area contributed by atoms with Crippen molar-refractivity contribution < 1.29 is 54.1 Å². The number of carbonyl (C=O) groups excluding carboxylic acids is 1. The summed E-state index contributed by atoms with van der Waals surface area (Å²) in [5.74, 6) is -1.69. The zero-order valence-corrected chi connectivity index (χ0v) is 21.2. The predicted molar refractivity (Wildman–Crippen MR) is 125 cm³/mol. The number of aryl methyl sites for hydroxylation is 1. The number of halogens is 1. The minimum Gasteiger partial charge on any atom is -0.550 e. The van der Waals surface area contributed by atoms with E-state index in [4.69, 9.17) is 0 Å². The number of aromatic nitrogens is 1. The van der Waals surface area contributed by atoms with Gasteiger partial charge in [0.15, 0.2) is 0 Å². The van der Waals surface area contributed by atoms with Crippen LogP contribution in [0.2, 0.25) is 0 Å². The average Bonchev–Trinajstić information content (AvgIpc) is 3.11. The molecule has 2 heterocycles. The number of carboxylic acids is 1. The monoisotopic (exact) mass is 469 g/mol. The fraction of sp³-hybridized carbons (Fsp3) is 0.222. The molecule has 0 bridgehead atoms. The third kappa shape index (κ3) is 5.43. The second-order valence-corrected chi connectivity index (χ2v) is 8.11. The number of aliphatic hydroxyl groups excluding tert-OH is 2. The number of rotatable bonds is 8. The molecule has 0 aliphatic heterocycles. The summed E-state index contributed by atoms with van der Waals surface area (Å²) in [6.07, 6.45) is 3.20. The van der Waals surface area contributed by atoms with E-state index in [-0.39, 0.29) is 41.8 Å². The first-order valence-corrected chi connectivity index (χ1v) is 10.9. The SMILES string of the molecule is CCc1c(/C=C/C(O)CC(O)CC(=O)[O-])c(-c2ccc(F)cc2)c2c3ccccc3ccn12.[Na+]. The number of carbonyl (C=O) groups is 1. The average molecular weight is 469 g/mol. The molecule has 2 N–H and O–H groups in total. The Bertz CT molecular complexity index is 1330. The van der Waals surface area contributed by atoms with Crippen molar-refractivity contribution in [2.75, 3.05) is 0 Å². The van der Waals surface area contributed by atoms with Gasteiger partial charge >= 0.3 is 29.6 Å². The number of aliphatic hydroxyl groups is 2. The number of benzene rings is 2. The van der Waals surface area contributed by atoms with Crippen molar-refractivity contribution in [3.63, 3.8) is 0 Å². The van der Waals surface area contributed by atoms with Crippen molar-refractivity contribution in [2.45, 2.75) is 38.4 Å². The fourth-order valence-electron chi connectivity index (χ4n) is 4.39. The van der Waals surface area contributed by atoms with Gasteiger partial charge in [0.05, 0.1) is 17.7 Å². The zero-order valence-electron chi connectivity index (χ0n) is 19.2. The van der Waals surface area contributed by atoms with Crippen molar-refractivity contribution >= 4 is 28.3 Å². The Labute approximate surface area is 219 Å². The van der Waals surface area contributed by atoms with E-state index in [1.54, 1.807) is 24.3 Å². The molecule has 4 rings (SSSR count). The maximum Gasteiger partial charge on any atom is 1.00 e. The molecule has 7 heteroatoms. The molecule has 0 amide bonds. The normalized spacial score (nSPS) is 13.3. The van der Waals surface area contributed by atoms with Crippen molar-refractivity contribution in [3.8, 4) is 11.1 Å². The van der Waals surface area contributed by atoms with Crippen LogP contribution in [0, 0.1) is 5.82 Å². The van der Waals surface area contributed by atoms with Gasteiger partial charge in [-0.05, 0) is 35.6 Å². The van der Waals surface area contributed by atoms with Crippen LogP contribution in [0.4, 0.5) is 4.39 Å². The largest absolute Gasteiger partial charge is 1.00 e. The molecule has 0 aliphatic carbocycles. The molecule has 2 unspecified atom stereocenters. The van der Waals surface area contributed by atoms with Gasteiger partial charge in [-0.25, -0.2) is 4.39 Å². The van der Waals surface area contributed by atoms with Gasteiger partial charge in [0, 0.05) is 47.2 Å². The summed E-state index contributed by atoms with van der Waals surface area (Å²) in [6.45, 7) is 2.04.